The van der Waals surface area contributed by atoms with Crippen LogP contribution in [0.1, 0.15) is 31.9 Å². The van der Waals surface area contributed by atoms with Gasteiger partial charge in [0.2, 0.25) is 5.91 Å². The molecule has 1 N–H and O–H groups in total. The molecule has 1 aromatic carbocycles. The second-order valence-electron chi connectivity index (χ2n) is 4.87. The number of carbonyl (C=O) groups is 1. The maximum absolute atomic E-state index is 11.9. The Hall–Kier alpha value is -1.55. The number of carbonyl (C=O) groups excluding carboxylic acids is 1. The van der Waals surface area contributed by atoms with Gasteiger partial charge in [-0.15, -0.1) is 0 Å². The fourth-order valence-electron chi connectivity index (χ4n) is 2.16. The van der Waals surface area contributed by atoms with Crippen LogP contribution in [-0.2, 0) is 4.79 Å². The van der Waals surface area contributed by atoms with Crippen molar-refractivity contribution < 1.29 is 9.90 Å². The Morgan fingerprint density at radius 3 is 2.21 bits per heavy atom. The second kappa shape index (κ2) is 7.14. The highest BCUT2D eigenvalue weighted by Gasteiger charge is 2.20. The van der Waals surface area contributed by atoms with E-state index in [0.717, 1.165) is 18.5 Å². The Balaban J connectivity index is 2.86. The van der Waals surface area contributed by atoms with Gasteiger partial charge in [-0.2, -0.15) is 0 Å². The van der Waals surface area contributed by atoms with Crippen molar-refractivity contribution in [3.05, 3.63) is 29.8 Å². The molecule has 0 heterocycles. The molecule has 0 saturated carbocycles. The molecule has 19 heavy (non-hydrogen) atoms. The maximum Gasteiger partial charge on any atom is 0.236 e. The first-order valence-electron chi connectivity index (χ1n) is 6.72. The number of aromatic hydroxyl groups is 1. The van der Waals surface area contributed by atoms with E-state index < -0.39 is 0 Å². The number of hydrogen-bond donors (Lipinski definition) is 1. The molecule has 106 valence electrons. The summed E-state index contributed by atoms with van der Waals surface area (Å²) < 4.78 is 0. The van der Waals surface area contributed by atoms with Crippen LogP contribution in [0.2, 0.25) is 0 Å². The molecule has 1 aromatic rings. The van der Waals surface area contributed by atoms with E-state index >= 15 is 0 Å². The number of phenols is 1. The van der Waals surface area contributed by atoms with E-state index in [4.69, 9.17) is 0 Å². The van der Waals surface area contributed by atoms with E-state index in [1.165, 1.54) is 0 Å². The molecule has 0 fully saturated rings. The molecule has 0 aromatic heterocycles. The topological polar surface area (TPSA) is 43.8 Å². The largest absolute Gasteiger partial charge is 0.508 e. The molecule has 0 saturated heterocycles. The molecule has 1 unspecified atom stereocenters. The Morgan fingerprint density at radius 1 is 1.21 bits per heavy atom. The van der Waals surface area contributed by atoms with Crippen LogP contribution < -0.4 is 0 Å². The summed E-state index contributed by atoms with van der Waals surface area (Å²) >= 11 is 0. The summed E-state index contributed by atoms with van der Waals surface area (Å²) in [6.07, 6.45) is 0.930. The third kappa shape index (κ3) is 4.24. The minimum absolute atomic E-state index is 0.110. The standard InChI is InChI=1S/C15H24N2O2/c1-5-14(12-7-9-13(18)10-8-12)17(6-2)11-15(19)16(3)4/h7-10,14,18H,5-6,11H2,1-4H3. The number of amides is 1. The van der Waals surface area contributed by atoms with Gasteiger partial charge in [-0.05, 0) is 30.7 Å². The normalized spacial score (nSPS) is 12.5. The minimum atomic E-state index is 0.110. The number of likely N-dealkylation sites (N-methyl/N-ethyl adjacent to an activating group) is 2. The Morgan fingerprint density at radius 2 is 1.79 bits per heavy atom. The van der Waals surface area contributed by atoms with Crippen molar-refractivity contribution >= 4 is 5.91 Å². The average Bonchev–Trinajstić information content (AvgIpc) is 2.40. The van der Waals surface area contributed by atoms with Gasteiger partial charge in [0.05, 0.1) is 6.54 Å². The lowest BCUT2D eigenvalue weighted by Crippen LogP contribution is -2.38. The zero-order chi connectivity index (χ0) is 14.4. The average molecular weight is 264 g/mol. The first kappa shape index (κ1) is 15.5. The van der Waals surface area contributed by atoms with E-state index in [1.54, 1.807) is 31.1 Å². The van der Waals surface area contributed by atoms with Gasteiger partial charge in [0.15, 0.2) is 0 Å². The van der Waals surface area contributed by atoms with E-state index in [1.807, 2.05) is 12.1 Å². The van der Waals surface area contributed by atoms with Crippen molar-refractivity contribution in [3.8, 4) is 5.75 Å². The zero-order valence-electron chi connectivity index (χ0n) is 12.3. The van der Waals surface area contributed by atoms with Gasteiger partial charge >= 0.3 is 0 Å². The lowest BCUT2D eigenvalue weighted by atomic mass is 10.0. The zero-order valence-corrected chi connectivity index (χ0v) is 12.3. The molecular formula is C15H24N2O2. The van der Waals surface area contributed by atoms with E-state index in [2.05, 4.69) is 18.7 Å². The number of benzene rings is 1. The molecular weight excluding hydrogens is 240 g/mol. The van der Waals surface area contributed by atoms with Crippen LogP contribution in [0.3, 0.4) is 0 Å². The Bertz CT molecular complexity index is 401. The van der Waals surface area contributed by atoms with Gasteiger partial charge < -0.3 is 10.0 Å². The number of phenolic OH excluding ortho intramolecular Hbond substituents is 1. The SMILES string of the molecule is CCC(c1ccc(O)cc1)N(CC)CC(=O)N(C)C. The summed E-state index contributed by atoms with van der Waals surface area (Å²) in [5.74, 6) is 0.380. The molecule has 4 nitrogen and oxygen atoms in total. The summed E-state index contributed by atoms with van der Waals surface area (Å²) in [4.78, 5) is 15.6. The van der Waals surface area contributed by atoms with Gasteiger partial charge in [0.25, 0.3) is 0 Å². The molecule has 0 spiro atoms. The van der Waals surface area contributed by atoms with E-state index in [-0.39, 0.29) is 17.7 Å². The number of nitrogens with zero attached hydrogens (tertiary/aromatic N) is 2. The van der Waals surface area contributed by atoms with Crippen LogP contribution in [0.15, 0.2) is 24.3 Å². The molecule has 0 aliphatic carbocycles. The maximum atomic E-state index is 11.9. The molecule has 0 bridgehead atoms. The minimum Gasteiger partial charge on any atom is -0.508 e. The quantitative estimate of drug-likeness (QED) is 0.857. The van der Waals surface area contributed by atoms with Crippen molar-refractivity contribution in [2.24, 2.45) is 0 Å². The van der Waals surface area contributed by atoms with Crippen LogP contribution in [0.25, 0.3) is 0 Å². The lowest BCUT2D eigenvalue weighted by molar-refractivity contribution is -0.130. The molecule has 1 atom stereocenters. The first-order valence-corrected chi connectivity index (χ1v) is 6.72. The predicted octanol–water partition coefficient (Wildman–Crippen LogP) is 2.25. The fraction of sp³-hybridized carbons (Fsp3) is 0.533. The Labute approximate surface area is 115 Å². The highest BCUT2D eigenvalue weighted by Crippen LogP contribution is 2.25. The smallest absolute Gasteiger partial charge is 0.236 e. The molecule has 1 amide bonds. The van der Waals surface area contributed by atoms with Crippen molar-refractivity contribution in [2.45, 2.75) is 26.3 Å². The van der Waals surface area contributed by atoms with Crippen LogP contribution in [0.5, 0.6) is 5.75 Å². The van der Waals surface area contributed by atoms with Crippen molar-refractivity contribution in [2.75, 3.05) is 27.2 Å². The van der Waals surface area contributed by atoms with Gasteiger partial charge in [-0.25, -0.2) is 0 Å². The molecule has 0 aliphatic rings. The van der Waals surface area contributed by atoms with Gasteiger partial charge in [0, 0.05) is 20.1 Å². The predicted molar refractivity (Wildman–Crippen MR) is 77.1 cm³/mol. The van der Waals surface area contributed by atoms with Gasteiger partial charge in [-0.1, -0.05) is 26.0 Å². The van der Waals surface area contributed by atoms with E-state index in [0.29, 0.717) is 6.54 Å². The second-order valence-corrected chi connectivity index (χ2v) is 4.87. The van der Waals surface area contributed by atoms with Crippen LogP contribution in [0.4, 0.5) is 0 Å². The molecule has 0 aliphatic heterocycles. The van der Waals surface area contributed by atoms with Crippen LogP contribution in [0, 0.1) is 0 Å². The van der Waals surface area contributed by atoms with Crippen molar-refractivity contribution in [3.63, 3.8) is 0 Å². The number of rotatable bonds is 6. The monoisotopic (exact) mass is 264 g/mol. The van der Waals surface area contributed by atoms with Crippen LogP contribution in [-0.4, -0.2) is 48.0 Å². The summed E-state index contributed by atoms with van der Waals surface area (Å²) in [5, 5.41) is 9.35. The third-order valence-corrected chi connectivity index (χ3v) is 3.35. The number of hydrogen-bond acceptors (Lipinski definition) is 3. The van der Waals surface area contributed by atoms with Crippen LogP contribution >= 0.6 is 0 Å². The lowest BCUT2D eigenvalue weighted by Gasteiger charge is -2.30. The summed E-state index contributed by atoms with van der Waals surface area (Å²) in [6, 6.07) is 7.44. The van der Waals surface area contributed by atoms with E-state index in [9.17, 15) is 9.90 Å². The van der Waals surface area contributed by atoms with Crippen molar-refractivity contribution in [1.29, 1.82) is 0 Å². The highest BCUT2D eigenvalue weighted by molar-refractivity contribution is 5.77. The molecule has 1 rings (SSSR count). The van der Waals surface area contributed by atoms with Gasteiger partial charge in [-0.3, -0.25) is 9.69 Å². The van der Waals surface area contributed by atoms with Gasteiger partial charge in [0.1, 0.15) is 5.75 Å². The van der Waals surface area contributed by atoms with Crippen molar-refractivity contribution in [1.82, 2.24) is 9.80 Å². The Kier molecular flexibility index (Phi) is 5.83. The third-order valence-electron chi connectivity index (χ3n) is 3.35. The summed E-state index contributed by atoms with van der Waals surface area (Å²) in [7, 11) is 3.55. The fourth-order valence-corrected chi connectivity index (χ4v) is 2.16. The summed E-state index contributed by atoms with van der Waals surface area (Å²) in [5.41, 5.74) is 1.13. The molecule has 0 radical (unpaired) electrons. The highest BCUT2D eigenvalue weighted by atomic mass is 16.3. The first-order chi connectivity index (χ1) is 8.99. The summed E-state index contributed by atoms with van der Waals surface area (Å²) in [6.45, 7) is 5.41. The molecule has 4 heteroatoms.